The topological polar surface area (TPSA) is 58.6 Å². The first-order chi connectivity index (χ1) is 9.06. The Bertz CT molecular complexity index is 499. The number of ether oxygens (including phenoxy) is 1. The smallest absolute Gasteiger partial charge is 0.410 e. The quantitative estimate of drug-likeness (QED) is 0.907. The van der Waals surface area contributed by atoms with Gasteiger partial charge in [-0.2, -0.15) is 0 Å². The molecule has 0 bridgehead atoms. The third kappa shape index (κ3) is 3.47. The Morgan fingerprint density at radius 3 is 2.89 bits per heavy atom. The van der Waals surface area contributed by atoms with Gasteiger partial charge in [-0.05, 0) is 31.9 Å². The van der Waals surface area contributed by atoms with Crippen LogP contribution in [0, 0.1) is 13.8 Å². The van der Waals surface area contributed by atoms with Gasteiger partial charge in [0.2, 0.25) is 5.91 Å². The number of aryl methyl sites for hydroxylation is 2. The van der Waals surface area contributed by atoms with E-state index in [9.17, 15) is 9.59 Å². The SMILES string of the molecule is Cc1ccc(NC(=O)CN2CCCOC2=O)c(C)c1. The molecule has 0 aliphatic carbocycles. The summed E-state index contributed by atoms with van der Waals surface area (Å²) in [5.74, 6) is -0.203. The van der Waals surface area contributed by atoms with Gasteiger partial charge in [0.15, 0.2) is 0 Å². The average Bonchev–Trinajstić information content (AvgIpc) is 2.36. The lowest BCUT2D eigenvalue weighted by molar-refractivity contribution is -0.117. The number of amides is 2. The molecule has 2 rings (SSSR count). The third-order valence-corrected chi connectivity index (χ3v) is 3.05. The molecule has 102 valence electrons. The molecule has 1 aromatic carbocycles. The summed E-state index contributed by atoms with van der Waals surface area (Å²) in [7, 11) is 0. The molecule has 1 aliphatic heterocycles. The van der Waals surface area contributed by atoms with E-state index in [0.29, 0.717) is 13.2 Å². The van der Waals surface area contributed by atoms with Gasteiger partial charge in [0.1, 0.15) is 6.54 Å². The molecule has 0 spiro atoms. The Labute approximate surface area is 112 Å². The maximum absolute atomic E-state index is 11.9. The van der Waals surface area contributed by atoms with Gasteiger partial charge in [0.05, 0.1) is 6.61 Å². The fourth-order valence-corrected chi connectivity index (χ4v) is 2.06. The van der Waals surface area contributed by atoms with Crippen LogP contribution in [-0.2, 0) is 9.53 Å². The fourth-order valence-electron chi connectivity index (χ4n) is 2.06. The Morgan fingerprint density at radius 1 is 1.42 bits per heavy atom. The van der Waals surface area contributed by atoms with Gasteiger partial charge in [0, 0.05) is 12.2 Å². The lowest BCUT2D eigenvalue weighted by Crippen LogP contribution is -2.42. The van der Waals surface area contributed by atoms with Crippen molar-refractivity contribution < 1.29 is 14.3 Å². The molecule has 1 aliphatic rings. The molecule has 5 nitrogen and oxygen atoms in total. The number of hydrogen-bond donors (Lipinski definition) is 1. The van der Waals surface area contributed by atoms with Gasteiger partial charge in [-0.1, -0.05) is 17.7 Å². The molecule has 1 aromatic rings. The van der Waals surface area contributed by atoms with E-state index in [1.165, 1.54) is 4.90 Å². The molecule has 5 heteroatoms. The number of nitrogens with zero attached hydrogens (tertiary/aromatic N) is 1. The van der Waals surface area contributed by atoms with E-state index >= 15 is 0 Å². The Kier molecular flexibility index (Phi) is 4.04. The van der Waals surface area contributed by atoms with Crippen molar-refractivity contribution >= 4 is 17.7 Å². The monoisotopic (exact) mass is 262 g/mol. The molecule has 0 unspecified atom stereocenters. The second-order valence-electron chi connectivity index (χ2n) is 4.76. The highest BCUT2D eigenvalue weighted by molar-refractivity contribution is 5.94. The number of nitrogens with one attached hydrogen (secondary N) is 1. The highest BCUT2D eigenvalue weighted by Gasteiger charge is 2.22. The summed E-state index contributed by atoms with van der Waals surface area (Å²) in [5.41, 5.74) is 2.94. The molecule has 1 N–H and O–H groups in total. The standard InChI is InChI=1S/C14H18N2O3/c1-10-4-5-12(11(2)8-10)15-13(17)9-16-6-3-7-19-14(16)18/h4-5,8H,3,6-7,9H2,1-2H3,(H,15,17). The van der Waals surface area contributed by atoms with Crippen LogP contribution in [0.25, 0.3) is 0 Å². The minimum absolute atomic E-state index is 0.0339. The van der Waals surface area contributed by atoms with Crippen LogP contribution in [-0.4, -0.2) is 36.6 Å². The third-order valence-electron chi connectivity index (χ3n) is 3.05. The first kappa shape index (κ1) is 13.4. The predicted octanol–water partition coefficient (Wildman–Crippen LogP) is 2.08. The number of rotatable bonds is 3. The number of hydrogen-bond acceptors (Lipinski definition) is 3. The highest BCUT2D eigenvalue weighted by atomic mass is 16.6. The van der Waals surface area contributed by atoms with Gasteiger partial charge >= 0.3 is 6.09 Å². The summed E-state index contributed by atoms with van der Waals surface area (Å²) < 4.78 is 4.89. The Morgan fingerprint density at radius 2 is 2.21 bits per heavy atom. The second kappa shape index (κ2) is 5.73. The number of anilines is 1. The summed E-state index contributed by atoms with van der Waals surface area (Å²) in [5, 5.41) is 2.82. The molecule has 1 saturated heterocycles. The number of carbonyl (C=O) groups is 2. The van der Waals surface area contributed by atoms with Crippen LogP contribution in [0.5, 0.6) is 0 Å². The van der Waals surface area contributed by atoms with Crippen molar-refractivity contribution in [1.82, 2.24) is 4.90 Å². The van der Waals surface area contributed by atoms with Crippen LogP contribution in [0.15, 0.2) is 18.2 Å². The fraction of sp³-hybridized carbons (Fsp3) is 0.429. The van der Waals surface area contributed by atoms with Crippen molar-refractivity contribution in [3.8, 4) is 0 Å². The average molecular weight is 262 g/mol. The maximum Gasteiger partial charge on any atom is 0.410 e. The molecule has 1 heterocycles. The van der Waals surface area contributed by atoms with E-state index in [4.69, 9.17) is 4.74 Å². The molecule has 0 saturated carbocycles. The molecule has 19 heavy (non-hydrogen) atoms. The predicted molar refractivity (Wildman–Crippen MR) is 72.1 cm³/mol. The summed E-state index contributed by atoms with van der Waals surface area (Å²) in [6, 6.07) is 5.82. The van der Waals surface area contributed by atoms with E-state index in [0.717, 1.165) is 23.2 Å². The lowest BCUT2D eigenvalue weighted by Gasteiger charge is -2.25. The zero-order valence-electron chi connectivity index (χ0n) is 11.2. The maximum atomic E-state index is 11.9. The van der Waals surface area contributed by atoms with Crippen molar-refractivity contribution in [2.45, 2.75) is 20.3 Å². The second-order valence-corrected chi connectivity index (χ2v) is 4.76. The first-order valence-electron chi connectivity index (χ1n) is 6.35. The summed E-state index contributed by atoms with van der Waals surface area (Å²) in [6.45, 7) is 4.99. The van der Waals surface area contributed by atoms with Crippen molar-refractivity contribution in [3.05, 3.63) is 29.3 Å². The molecule has 2 amide bonds. The van der Waals surface area contributed by atoms with Gasteiger partial charge < -0.3 is 10.1 Å². The van der Waals surface area contributed by atoms with E-state index in [2.05, 4.69) is 5.32 Å². The summed E-state index contributed by atoms with van der Waals surface area (Å²) in [6.07, 6.45) is 0.352. The van der Waals surface area contributed by atoms with E-state index < -0.39 is 6.09 Å². The summed E-state index contributed by atoms with van der Waals surface area (Å²) >= 11 is 0. The van der Waals surface area contributed by atoms with Crippen molar-refractivity contribution in [2.24, 2.45) is 0 Å². The van der Waals surface area contributed by atoms with Crippen LogP contribution >= 0.6 is 0 Å². The van der Waals surface area contributed by atoms with Crippen LogP contribution in [0.3, 0.4) is 0 Å². The number of carbonyl (C=O) groups excluding carboxylic acids is 2. The number of benzene rings is 1. The molecular weight excluding hydrogens is 244 g/mol. The van der Waals surface area contributed by atoms with E-state index in [1.807, 2.05) is 32.0 Å². The normalized spacial score (nSPS) is 15.1. The van der Waals surface area contributed by atoms with Crippen molar-refractivity contribution in [1.29, 1.82) is 0 Å². The van der Waals surface area contributed by atoms with Gasteiger partial charge in [-0.15, -0.1) is 0 Å². The van der Waals surface area contributed by atoms with Crippen LogP contribution < -0.4 is 5.32 Å². The molecule has 0 aromatic heterocycles. The van der Waals surface area contributed by atoms with E-state index in [1.54, 1.807) is 0 Å². The van der Waals surface area contributed by atoms with Crippen LogP contribution in [0.4, 0.5) is 10.5 Å². The molecular formula is C14H18N2O3. The summed E-state index contributed by atoms with van der Waals surface area (Å²) in [4.78, 5) is 24.7. The zero-order valence-corrected chi connectivity index (χ0v) is 11.2. The van der Waals surface area contributed by atoms with E-state index in [-0.39, 0.29) is 12.5 Å². The van der Waals surface area contributed by atoms with Gasteiger partial charge in [0.25, 0.3) is 0 Å². The van der Waals surface area contributed by atoms with Crippen LogP contribution in [0.2, 0.25) is 0 Å². The number of cyclic esters (lactones) is 1. The Hall–Kier alpha value is -2.04. The lowest BCUT2D eigenvalue weighted by atomic mass is 10.1. The van der Waals surface area contributed by atoms with Gasteiger partial charge in [-0.3, -0.25) is 9.69 Å². The molecule has 0 radical (unpaired) electrons. The largest absolute Gasteiger partial charge is 0.449 e. The Balaban J connectivity index is 1.95. The van der Waals surface area contributed by atoms with Crippen LogP contribution in [0.1, 0.15) is 17.5 Å². The van der Waals surface area contributed by atoms with Gasteiger partial charge in [-0.25, -0.2) is 4.79 Å². The minimum atomic E-state index is -0.415. The zero-order chi connectivity index (χ0) is 13.8. The molecule has 1 fully saturated rings. The minimum Gasteiger partial charge on any atom is -0.449 e. The van der Waals surface area contributed by atoms with Crippen molar-refractivity contribution in [2.75, 3.05) is 25.0 Å². The first-order valence-corrected chi connectivity index (χ1v) is 6.35. The highest BCUT2D eigenvalue weighted by Crippen LogP contribution is 2.16. The van der Waals surface area contributed by atoms with Crippen molar-refractivity contribution in [3.63, 3.8) is 0 Å². The molecule has 0 atom stereocenters.